The molecule has 7 atom stereocenters. The van der Waals surface area contributed by atoms with Gasteiger partial charge in [-0.25, -0.2) is 0 Å². The minimum Gasteiger partial charge on any atom is -0.394 e. The van der Waals surface area contributed by atoms with Gasteiger partial charge in [0.25, 0.3) is 0 Å². The molecule has 518 valence electrons. The largest absolute Gasteiger partial charge is 0.394 e. The number of carbonyl (C=O) groups is 1. The van der Waals surface area contributed by atoms with Crippen LogP contribution in [-0.2, 0) is 14.3 Å². The predicted octanol–water partition coefficient (Wildman–Crippen LogP) is 21.4. The molecule has 1 aliphatic heterocycles. The Hall–Kier alpha value is -3.41. The number of unbranched alkanes of at least 4 members (excludes halogenated alkanes) is 37. The second kappa shape index (κ2) is 68.4. The van der Waals surface area contributed by atoms with Crippen LogP contribution in [0, 0.1) is 0 Å². The number of hydrogen-bond acceptors (Lipinski definition) is 8. The number of nitrogens with one attached hydrogen (secondary N) is 1. The number of rotatable bonds is 65. The van der Waals surface area contributed by atoms with Crippen LogP contribution in [-0.4, -0.2) is 87.5 Å². The highest BCUT2D eigenvalue weighted by atomic mass is 16.7. The van der Waals surface area contributed by atoms with Crippen LogP contribution < -0.4 is 5.32 Å². The lowest BCUT2D eigenvalue weighted by atomic mass is 9.99. The Kier molecular flexibility index (Phi) is 64.3. The Morgan fingerprint density at radius 2 is 0.700 bits per heavy atom. The first kappa shape index (κ1) is 84.6. The highest BCUT2D eigenvalue weighted by molar-refractivity contribution is 5.76. The van der Waals surface area contributed by atoms with Crippen LogP contribution >= 0.6 is 0 Å². The van der Waals surface area contributed by atoms with Gasteiger partial charge in [-0.2, -0.15) is 0 Å². The van der Waals surface area contributed by atoms with E-state index < -0.39 is 49.5 Å². The summed E-state index contributed by atoms with van der Waals surface area (Å²) < 4.78 is 11.3. The molecule has 1 fully saturated rings. The average molecular weight is 1260 g/mol. The molecule has 0 aliphatic carbocycles. The number of hydrogen-bond donors (Lipinski definition) is 6. The van der Waals surface area contributed by atoms with Crippen LogP contribution in [0.15, 0.2) is 122 Å². The van der Waals surface area contributed by atoms with Gasteiger partial charge in [0.1, 0.15) is 24.4 Å². The standard InChI is InChI=1S/C81H141NO8/c1-3-5-7-9-11-13-15-17-19-21-23-25-27-29-31-33-35-37-38-39-41-43-45-47-49-51-53-55-57-59-61-63-65-67-69-71-77(85)82-74(73-89-81-80(88)79(87)78(86)76(72-83)90-81)75(84)70-68-66-64-62-60-58-56-54-52-50-48-46-44-42-40-36-34-32-30-28-26-24-22-20-18-16-14-12-10-8-6-4-2/h5,7,11,13,17,19,23,25,29,31,35,37,39,41,45,47,60,62,68,70,74-76,78-81,83-84,86-88H,3-4,6,8-10,12,14-16,18,20-22,24,26-28,30,32-34,36,38,40,42-44,46,48-59,61,63-67,69,71-73H2,1-2H3,(H,82,85)/b7-5-,13-11-,19-17-,25-23-,31-29-,37-35-,41-39-,47-45-,62-60+,70-68+. The molecule has 0 aromatic rings. The first-order valence-corrected chi connectivity index (χ1v) is 37.8. The molecule has 1 rings (SSSR count). The molecule has 7 unspecified atom stereocenters. The molecule has 90 heavy (non-hydrogen) atoms. The summed E-state index contributed by atoms with van der Waals surface area (Å²) in [6, 6.07) is -0.835. The van der Waals surface area contributed by atoms with Gasteiger partial charge in [-0.15, -0.1) is 0 Å². The predicted molar refractivity (Wildman–Crippen MR) is 387 cm³/mol. The van der Waals surface area contributed by atoms with E-state index in [2.05, 4.69) is 129 Å². The molecule has 1 aliphatic rings. The first-order valence-electron chi connectivity index (χ1n) is 37.8. The summed E-state index contributed by atoms with van der Waals surface area (Å²) in [6.45, 7) is 3.68. The van der Waals surface area contributed by atoms with Crippen LogP contribution in [0.5, 0.6) is 0 Å². The Morgan fingerprint density at radius 1 is 0.389 bits per heavy atom. The van der Waals surface area contributed by atoms with Crippen LogP contribution in [0.25, 0.3) is 0 Å². The van der Waals surface area contributed by atoms with E-state index in [-0.39, 0.29) is 12.5 Å². The van der Waals surface area contributed by atoms with Crippen molar-refractivity contribution in [3.8, 4) is 0 Å². The van der Waals surface area contributed by atoms with Gasteiger partial charge in [-0.1, -0.05) is 347 Å². The van der Waals surface area contributed by atoms with Crippen molar-refractivity contribution in [2.24, 2.45) is 0 Å². The van der Waals surface area contributed by atoms with E-state index in [9.17, 15) is 30.3 Å². The van der Waals surface area contributed by atoms with Crippen molar-refractivity contribution in [1.29, 1.82) is 0 Å². The first-order chi connectivity index (χ1) is 44.3. The summed E-state index contributed by atoms with van der Waals surface area (Å²) in [5.41, 5.74) is 0. The highest BCUT2D eigenvalue weighted by Crippen LogP contribution is 2.23. The van der Waals surface area contributed by atoms with E-state index in [0.29, 0.717) is 6.42 Å². The van der Waals surface area contributed by atoms with Gasteiger partial charge in [0.2, 0.25) is 5.91 Å². The molecule has 0 saturated carbocycles. The van der Waals surface area contributed by atoms with Crippen molar-refractivity contribution in [2.45, 2.75) is 371 Å². The van der Waals surface area contributed by atoms with Crippen molar-refractivity contribution in [3.05, 3.63) is 122 Å². The monoisotopic (exact) mass is 1260 g/mol. The minimum atomic E-state index is -1.58. The van der Waals surface area contributed by atoms with Crippen molar-refractivity contribution in [2.75, 3.05) is 13.2 Å². The van der Waals surface area contributed by atoms with E-state index in [1.165, 1.54) is 205 Å². The molecule has 6 N–H and O–H groups in total. The number of ether oxygens (including phenoxy) is 2. The van der Waals surface area contributed by atoms with Gasteiger partial charge < -0.3 is 40.3 Å². The van der Waals surface area contributed by atoms with Crippen LogP contribution in [0.1, 0.15) is 328 Å². The average Bonchev–Trinajstić information content (AvgIpc) is 1.28. The van der Waals surface area contributed by atoms with Crippen molar-refractivity contribution < 1.29 is 39.8 Å². The highest BCUT2D eigenvalue weighted by Gasteiger charge is 2.44. The summed E-state index contributed by atoms with van der Waals surface area (Å²) in [5, 5.41) is 54.8. The normalized spacial score (nSPS) is 18.5. The maximum atomic E-state index is 13.2. The Bertz CT molecular complexity index is 1840. The zero-order chi connectivity index (χ0) is 64.9. The van der Waals surface area contributed by atoms with Crippen molar-refractivity contribution in [1.82, 2.24) is 5.32 Å². The number of aliphatic hydroxyl groups excluding tert-OH is 5. The van der Waals surface area contributed by atoms with Crippen LogP contribution in [0.4, 0.5) is 0 Å². The van der Waals surface area contributed by atoms with Gasteiger partial charge in [0.05, 0.1) is 25.4 Å². The fourth-order valence-corrected chi connectivity index (χ4v) is 11.4. The van der Waals surface area contributed by atoms with Crippen LogP contribution in [0.2, 0.25) is 0 Å². The molecule has 0 spiro atoms. The lowest BCUT2D eigenvalue weighted by molar-refractivity contribution is -0.302. The SMILES string of the molecule is CC/C=C\C/C=C\C/C=C\C/C=C\C/C=C\C/C=C\C/C=C\C/C=C\CCCCCCCCCCCCC(=O)NC(COC1OC(CO)C(O)C(O)C1O)C(O)/C=C/CC/C=C/CCCCCCCCCCCCCCCCCCCCCCCCCCCC. The number of amides is 1. The third-order valence-corrected chi connectivity index (χ3v) is 17.3. The molecule has 9 nitrogen and oxygen atoms in total. The summed E-state index contributed by atoms with van der Waals surface area (Å²) in [6.07, 6.45) is 96.1. The van der Waals surface area contributed by atoms with E-state index in [0.717, 1.165) is 103 Å². The molecule has 0 bridgehead atoms. The van der Waals surface area contributed by atoms with E-state index >= 15 is 0 Å². The maximum Gasteiger partial charge on any atom is 0.220 e. The third kappa shape index (κ3) is 56.2. The fraction of sp³-hybridized carbons (Fsp3) is 0.741. The molecule has 0 aromatic heterocycles. The zero-order valence-electron chi connectivity index (χ0n) is 58.1. The van der Waals surface area contributed by atoms with Gasteiger partial charge in [-0.05, 0) is 96.3 Å². The minimum absolute atomic E-state index is 0.193. The molecule has 0 aromatic carbocycles. The van der Waals surface area contributed by atoms with Crippen molar-refractivity contribution in [3.63, 3.8) is 0 Å². The summed E-state index contributed by atoms with van der Waals surface area (Å²) in [4.78, 5) is 13.2. The van der Waals surface area contributed by atoms with Gasteiger partial charge >= 0.3 is 0 Å². The Morgan fingerprint density at radius 3 is 1.07 bits per heavy atom. The fourth-order valence-electron chi connectivity index (χ4n) is 11.4. The van der Waals surface area contributed by atoms with E-state index in [1.807, 2.05) is 6.08 Å². The molecule has 0 radical (unpaired) electrons. The molecular formula is C81H141NO8. The lowest BCUT2D eigenvalue weighted by Gasteiger charge is -2.40. The van der Waals surface area contributed by atoms with Gasteiger partial charge in [0, 0.05) is 6.42 Å². The molecular weight excluding hydrogens is 1110 g/mol. The number of carbonyl (C=O) groups excluding carboxylic acids is 1. The summed E-state index contributed by atoms with van der Waals surface area (Å²) in [5.74, 6) is -0.193. The van der Waals surface area contributed by atoms with Crippen LogP contribution in [0.3, 0.4) is 0 Å². The second-order valence-electron chi connectivity index (χ2n) is 25.7. The molecule has 1 amide bonds. The zero-order valence-corrected chi connectivity index (χ0v) is 58.1. The third-order valence-electron chi connectivity index (χ3n) is 17.3. The second-order valence-corrected chi connectivity index (χ2v) is 25.7. The smallest absolute Gasteiger partial charge is 0.220 e. The summed E-state index contributed by atoms with van der Waals surface area (Å²) in [7, 11) is 0. The van der Waals surface area contributed by atoms with E-state index in [1.54, 1.807) is 6.08 Å². The van der Waals surface area contributed by atoms with E-state index in [4.69, 9.17) is 9.47 Å². The van der Waals surface area contributed by atoms with Crippen molar-refractivity contribution >= 4 is 5.91 Å². The number of allylic oxidation sites excluding steroid dienone is 19. The topological polar surface area (TPSA) is 149 Å². The summed E-state index contributed by atoms with van der Waals surface area (Å²) >= 11 is 0. The van der Waals surface area contributed by atoms with Gasteiger partial charge in [-0.3, -0.25) is 4.79 Å². The Balaban J connectivity index is 2.15. The molecule has 1 heterocycles. The number of aliphatic hydroxyl groups is 5. The maximum absolute atomic E-state index is 13.2. The Labute approximate surface area is 554 Å². The molecule has 1 saturated heterocycles. The quantitative estimate of drug-likeness (QED) is 0.0261. The molecule has 9 heteroatoms. The lowest BCUT2D eigenvalue weighted by Crippen LogP contribution is -2.60. The van der Waals surface area contributed by atoms with Gasteiger partial charge in [0.15, 0.2) is 6.29 Å².